The predicted octanol–water partition coefficient (Wildman–Crippen LogP) is 7.06. The Kier molecular flexibility index (Phi) is 8.91. The van der Waals surface area contributed by atoms with Crippen LogP contribution >= 0.6 is 11.8 Å². The quantitative estimate of drug-likeness (QED) is 0.122. The molecule has 5 aromatic rings. The van der Waals surface area contributed by atoms with Gasteiger partial charge in [-0.15, -0.1) is 0 Å². The van der Waals surface area contributed by atoms with Gasteiger partial charge in [0.2, 0.25) is 0 Å². The number of nitrogens with zero attached hydrogens (tertiary/aromatic N) is 8. The van der Waals surface area contributed by atoms with Crippen LogP contribution < -0.4 is 9.80 Å². The maximum Gasteiger partial charge on any atom is 0.273 e. The van der Waals surface area contributed by atoms with Gasteiger partial charge in [-0.3, -0.25) is 9.48 Å². The van der Waals surface area contributed by atoms with Crippen molar-refractivity contribution >= 4 is 29.2 Å². The molecule has 3 aliphatic carbocycles. The van der Waals surface area contributed by atoms with E-state index in [9.17, 15) is 10.1 Å². The number of ether oxygens (including phenoxy) is 1. The smallest absolute Gasteiger partial charge is 0.273 e. The van der Waals surface area contributed by atoms with Crippen molar-refractivity contribution < 1.29 is 9.53 Å². The molecule has 1 saturated carbocycles. The summed E-state index contributed by atoms with van der Waals surface area (Å²) in [5.74, 6) is 1.54. The molecule has 11 heteroatoms. The molecule has 10 rings (SSSR count). The number of fused-ring (bicyclic) bond motifs is 2. The number of aromatic nitrogens is 4. The molecule has 2 bridgehead atoms. The van der Waals surface area contributed by atoms with Gasteiger partial charge < -0.3 is 19.4 Å². The minimum absolute atomic E-state index is 0.0981. The first-order valence-corrected chi connectivity index (χ1v) is 20.1. The summed E-state index contributed by atoms with van der Waals surface area (Å²) in [4.78, 5) is 29.3. The fourth-order valence-corrected chi connectivity index (χ4v) is 9.49. The average Bonchev–Trinajstić information content (AvgIpc) is 3.47. The molecule has 1 atom stereocenters. The molecule has 10 nitrogen and oxygen atoms in total. The Morgan fingerprint density at radius 1 is 1.00 bits per heavy atom. The monoisotopic (exact) mass is 736 g/mol. The van der Waals surface area contributed by atoms with E-state index in [2.05, 4.69) is 81.6 Å². The summed E-state index contributed by atoms with van der Waals surface area (Å²) in [6.07, 6.45) is 5.61. The van der Waals surface area contributed by atoms with Crippen molar-refractivity contribution in [1.29, 1.82) is 5.26 Å². The lowest BCUT2D eigenvalue weighted by atomic mass is 9.53. The largest absolute Gasteiger partial charge is 0.365 e. The number of amides is 1. The van der Waals surface area contributed by atoms with Crippen LogP contribution in [0.3, 0.4) is 0 Å². The van der Waals surface area contributed by atoms with E-state index < -0.39 is 5.60 Å². The lowest BCUT2D eigenvalue weighted by Crippen LogP contribution is -2.53. The number of thioether (sulfide) groups is 1. The Hall–Kier alpha value is -5.18. The van der Waals surface area contributed by atoms with Gasteiger partial charge in [0.15, 0.2) is 10.9 Å². The summed E-state index contributed by atoms with van der Waals surface area (Å²) in [5.41, 5.74) is 9.21. The molecule has 2 aromatic heterocycles. The van der Waals surface area contributed by atoms with Crippen LogP contribution in [0.1, 0.15) is 80.4 Å². The zero-order chi connectivity index (χ0) is 37.0. The van der Waals surface area contributed by atoms with E-state index in [0.29, 0.717) is 50.2 Å². The van der Waals surface area contributed by atoms with E-state index in [0.717, 1.165) is 77.1 Å². The highest BCUT2D eigenvalue weighted by atomic mass is 32.2. The average molecular weight is 737 g/mol. The number of benzene rings is 3. The molecular weight excluding hydrogens is 693 g/mol. The second-order valence-corrected chi connectivity index (χ2v) is 16.0. The van der Waals surface area contributed by atoms with E-state index >= 15 is 0 Å². The first-order chi connectivity index (χ1) is 26.3. The third kappa shape index (κ3) is 5.92. The summed E-state index contributed by atoms with van der Waals surface area (Å²) in [6.45, 7) is 3.85. The third-order valence-corrected chi connectivity index (χ3v) is 12.4. The summed E-state index contributed by atoms with van der Waals surface area (Å²) >= 11 is 1.55. The summed E-state index contributed by atoms with van der Waals surface area (Å²) in [6, 6.07) is 30.1. The Morgan fingerprint density at radius 3 is 2.39 bits per heavy atom. The van der Waals surface area contributed by atoms with Gasteiger partial charge in [0.1, 0.15) is 17.5 Å². The standard InChI is InChI=1S/C43H44N8O2S/c1-48(2)41(52)36-21-32-26-49(17-10-18-51(32)47-36)40-35-27-53-43(22-37(35)45-42(46-40)54-3)31-19-30(20-31)33-15-16-38(34(23-44)39(33)43)50(24-28-11-6-4-7-12-28)25-29-13-8-5-9-14-29/h4-9,11-16,21,30-31H,10,17-20,22,24-27H2,1-3H3. The Bertz CT molecular complexity index is 2220. The van der Waals surface area contributed by atoms with Crippen LogP contribution in [0.5, 0.6) is 0 Å². The highest BCUT2D eigenvalue weighted by Crippen LogP contribution is 2.63. The van der Waals surface area contributed by atoms with Crippen LogP contribution in [-0.2, 0) is 49.5 Å². The zero-order valence-electron chi connectivity index (χ0n) is 31.0. The van der Waals surface area contributed by atoms with Crippen LogP contribution in [0.4, 0.5) is 11.5 Å². The summed E-state index contributed by atoms with van der Waals surface area (Å²) in [5, 5.41) is 16.5. The normalized spacial score (nSPS) is 20.9. The minimum Gasteiger partial charge on any atom is -0.365 e. The van der Waals surface area contributed by atoms with Crippen molar-refractivity contribution in [1.82, 2.24) is 24.6 Å². The SMILES string of the molecule is CSc1nc2c(c(N3CCCn4nc(C(=O)N(C)C)cc4C3)n1)COC1(C2)c2c(ccc(N(Cc3ccccc3)Cc3ccccc3)c2C#N)C2CC1C2. The van der Waals surface area contributed by atoms with Crippen molar-refractivity contribution in [3.05, 3.63) is 129 Å². The first-order valence-electron chi connectivity index (χ1n) is 18.9. The lowest BCUT2D eigenvalue weighted by Gasteiger charge is -2.57. The van der Waals surface area contributed by atoms with Gasteiger partial charge >= 0.3 is 0 Å². The number of anilines is 2. The highest BCUT2D eigenvalue weighted by molar-refractivity contribution is 7.98. The van der Waals surface area contributed by atoms with Crippen molar-refractivity contribution in [2.45, 2.75) is 75.1 Å². The van der Waals surface area contributed by atoms with E-state index in [4.69, 9.17) is 14.7 Å². The van der Waals surface area contributed by atoms with Crippen LogP contribution in [0.25, 0.3) is 0 Å². The van der Waals surface area contributed by atoms with Gasteiger partial charge in [0.05, 0.1) is 35.8 Å². The molecular formula is C43H44N8O2S. The van der Waals surface area contributed by atoms with Crippen LogP contribution in [0.15, 0.2) is 84.0 Å². The lowest BCUT2D eigenvalue weighted by molar-refractivity contribution is -0.151. The van der Waals surface area contributed by atoms with E-state index in [1.54, 1.807) is 30.8 Å². The molecule has 1 spiro atoms. The van der Waals surface area contributed by atoms with Gasteiger partial charge in [-0.2, -0.15) is 10.4 Å². The molecule has 0 saturated heterocycles. The maximum atomic E-state index is 12.8. The first kappa shape index (κ1) is 34.6. The van der Waals surface area contributed by atoms with Crippen LogP contribution in [0, 0.1) is 17.2 Å². The molecule has 54 heavy (non-hydrogen) atoms. The predicted molar refractivity (Wildman–Crippen MR) is 209 cm³/mol. The molecule has 3 aromatic carbocycles. The van der Waals surface area contributed by atoms with Crippen molar-refractivity contribution in [2.75, 3.05) is 36.7 Å². The Balaban J connectivity index is 1.11. The second kappa shape index (κ2) is 13.9. The van der Waals surface area contributed by atoms with E-state index in [-0.39, 0.29) is 5.91 Å². The highest BCUT2D eigenvalue weighted by Gasteiger charge is 2.58. The van der Waals surface area contributed by atoms with Gasteiger partial charge in [-0.25, -0.2) is 9.97 Å². The van der Waals surface area contributed by atoms with E-state index in [1.165, 1.54) is 16.7 Å². The molecule has 2 aliphatic heterocycles. The number of rotatable bonds is 8. The van der Waals surface area contributed by atoms with Crippen LogP contribution in [0.2, 0.25) is 0 Å². The van der Waals surface area contributed by atoms with Gasteiger partial charge in [0, 0.05) is 57.8 Å². The topological polar surface area (TPSA) is 103 Å². The number of aryl methyl sites for hydroxylation is 1. The number of carbonyl (C=O) groups excluding carboxylic acids is 1. The maximum absolute atomic E-state index is 12.8. The van der Waals surface area contributed by atoms with Gasteiger partial charge in [-0.05, 0) is 66.2 Å². The molecule has 274 valence electrons. The van der Waals surface area contributed by atoms with Crippen molar-refractivity contribution in [3.63, 3.8) is 0 Å². The van der Waals surface area contributed by atoms with Gasteiger partial charge in [0.25, 0.3) is 5.91 Å². The fraction of sp³-hybridized carbons (Fsp3) is 0.372. The number of hydrogen-bond donors (Lipinski definition) is 0. The third-order valence-electron chi connectivity index (χ3n) is 11.8. The molecule has 0 N–H and O–H groups in total. The molecule has 4 heterocycles. The van der Waals surface area contributed by atoms with Crippen molar-refractivity contribution in [2.24, 2.45) is 5.92 Å². The number of hydrogen-bond acceptors (Lipinski definition) is 9. The molecule has 5 aliphatic rings. The molecule has 0 radical (unpaired) electrons. The van der Waals surface area contributed by atoms with Crippen LogP contribution in [-0.4, -0.2) is 57.5 Å². The molecule has 1 fully saturated rings. The number of carbonyl (C=O) groups is 1. The number of nitriles is 1. The van der Waals surface area contributed by atoms with Crippen molar-refractivity contribution in [3.8, 4) is 6.07 Å². The fourth-order valence-electron chi connectivity index (χ4n) is 9.11. The summed E-state index contributed by atoms with van der Waals surface area (Å²) in [7, 11) is 3.51. The second-order valence-electron chi connectivity index (χ2n) is 15.3. The van der Waals surface area contributed by atoms with Gasteiger partial charge in [-0.1, -0.05) is 78.5 Å². The van der Waals surface area contributed by atoms with E-state index in [1.807, 2.05) is 29.1 Å². The molecule has 1 amide bonds. The Morgan fingerprint density at radius 2 is 1.72 bits per heavy atom. The Labute approximate surface area is 320 Å². The summed E-state index contributed by atoms with van der Waals surface area (Å²) < 4.78 is 9.21. The minimum atomic E-state index is -0.649. The molecule has 1 unspecified atom stereocenters. The zero-order valence-corrected chi connectivity index (χ0v) is 31.9.